The normalized spacial score (nSPS) is 15.1. The Morgan fingerprint density at radius 1 is 1.11 bits per heavy atom. The molecule has 1 amide bonds. The predicted molar refractivity (Wildman–Crippen MR) is 132 cm³/mol. The second-order valence-electron chi connectivity index (χ2n) is 8.96. The van der Waals surface area contributed by atoms with Crippen LogP contribution in [0.15, 0.2) is 71.6 Å². The van der Waals surface area contributed by atoms with E-state index in [2.05, 4.69) is 25.8 Å². The van der Waals surface area contributed by atoms with Crippen molar-refractivity contribution in [1.82, 2.24) is 20.1 Å². The molecule has 0 aliphatic carbocycles. The quantitative estimate of drug-likeness (QED) is 0.365. The average molecular weight is 471 g/mol. The number of rotatable bonds is 7. The Morgan fingerprint density at radius 3 is 2.63 bits per heavy atom. The number of nitrogens with one attached hydrogen (secondary N) is 2. The summed E-state index contributed by atoms with van der Waals surface area (Å²) in [7, 11) is 1.81. The molecule has 0 saturated carbocycles. The third-order valence-electron chi connectivity index (χ3n) is 6.53. The minimum absolute atomic E-state index is 0.0148. The molecule has 35 heavy (non-hydrogen) atoms. The molecule has 2 aromatic heterocycles. The first-order chi connectivity index (χ1) is 16.9. The van der Waals surface area contributed by atoms with Gasteiger partial charge in [-0.3, -0.25) is 4.79 Å². The van der Waals surface area contributed by atoms with Crippen LogP contribution in [0.1, 0.15) is 41.4 Å². The molecule has 3 N–H and O–H groups in total. The molecule has 2 aromatic carbocycles. The highest BCUT2D eigenvalue weighted by molar-refractivity contribution is 6.00. The first-order valence-corrected chi connectivity index (χ1v) is 11.3. The Morgan fingerprint density at radius 2 is 1.91 bits per heavy atom. The molecule has 0 radical (unpaired) electrons. The van der Waals surface area contributed by atoms with E-state index in [1.165, 1.54) is 6.39 Å². The molecular formula is C26H26N6O3. The number of aliphatic hydroxyl groups excluding tert-OH is 1. The van der Waals surface area contributed by atoms with Crippen LogP contribution in [0.4, 0.5) is 17.2 Å². The highest BCUT2D eigenvalue weighted by atomic mass is 16.4. The maximum Gasteiger partial charge on any atom is 0.254 e. The zero-order chi connectivity index (χ0) is 24.6. The van der Waals surface area contributed by atoms with Gasteiger partial charge in [-0.15, -0.1) is 10.2 Å². The van der Waals surface area contributed by atoms with E-state index < -0.39 is 5.54 Å². The van der Waals surface area contributed by atoms with E-state index in [9.17, 15) is 9.90 Å². The van der Waals surface area contributed by atoms with Gasteiger partial charge < -0.3 is 25.1 Å². The van der Waals surface area contributed by atoms with E-state index in [1.54, 1.807) is 11.1 Å². The number of carbonyl (C=O) groups is 1. The van der Waals surface area contributed by atoms with Crippen molar-refractivity contribution in [2.75, 3.05) is 24.3 Å². The van der Waals surface area contributed by atoms with Gasteiger partial charge in [0.15, 0.2) is 0 Å². The molecule has 0 fully saturated rings. The lowest BCUT2D eigenvalue weighted by Gasteiger charge is -2.28. The number of fused-ring (bicyclic) bond motifs is 1. The molecule has 5 rings (SSSR count). The minimum atomic E-state index is -0.407. The van der Waals surface area contributed by atoms with Crippen molar-refractivity contribution in [3.63, 3.8) is 0 Å². The van der Waals surface area contributed by atoms with Gasteiger partial charge in [0.1, 0.15) is 5.82 Å². The summed E-state index contributed by atoms with van der Waals surface area (Å²) in [6.45, 7) is 3.94. The van der Waals surface area contributed by atoms with Crippen LogP contribution in [0.2, 0.25) is 0 Å². The van der Waals surface area contributed by atoms with Gasteiger partial charge in [0, 0.05) is 30.6 Å². The number of anilines is 3. The van der Waals surface area contributed by atoms with E-state index in [1.807, 2.05) is 75.5 Å². The van der Waals surface area contributed by atoms with Crippen LogP contribution in [0.5, 0.6) is 0 Å². The summed E-state index contributed by atoms with van der Waals surface area (Å²) in [4.78, 5) is 18.9. The molecule has 0 saturated heterocycles. The minimum Gasteiger partial charge on any atom is -0.423 e. The van der Waals surface area contributed by atoms with Crippen molar-refractivity contribution in [3.8, 4) is 11.5 Å². The van der Waals surface area contributed by atoms with Crippen LogP contribution in [0.25, 0.3) is 11.5 Å². The monoisotopic (exact) mass is 470 g/mol. The zero-order valence-corrected chi connectivity index (χ0v) is 19.7. The number of carbonyl (C=O) groups excluding carboxylic acids is 1. The number of nitrogens with zero attached hydrogens (tertiary/aromatic N) is 4. The van der Waals surface area contributed by atoms with Gasteiger partial charge in [-0.05, 0) is 43.2 Å². The lowest BCUT2D eigenvalue weighted by Crippen LogP contribution is -2.35. The van der Waals surface area contributed by atoms with Crippen LogP contribution in [0.3, 0.4) is 0 Å². The molecule has 4 aromatic rings. The maximum atomic E-state index is 12.6. The Bertz CT molecular complexity index is 1360. The van der Waals surface area contributed by atoms with Crippen LogP contribution in [0, 0.1) is 0 Å². The van der Waals surface area contributed by atoms with Gasteiger partial charge >= 0.3 is 0 Å². The first-order valence-electron chi connectivity index (χ1n) is 11.3. The Kier molecular flexibility index (Phi) is 5.70. The fourth-order valence-corrected chi connectivity index (χ4v) is 4.29. The second-order valence-corrected chi connectivity index (χ2v) is 8.96. The van der Waals surface area contributed by atoms with Gasteiger partial charge in [0.2, 0.25) is 6.39 Å². The van der Waals surface area contributed by atoms with Crippen LogP contribution in [-0.2, 0) is 5.54 Å². The Hall–Kier alpha value is -4.24. The fourth-order valence-electron chi connectivity index (χ4n) is 4.29. The molecule has 178 valence electrons. The summed E-state index contributed by atoms with van der Waals surface area (Å²) in [5.74, 6) is 0.911. The lowest BCUT2D eigenvalue weighted by atomic mass is 9.93. The van der Waals surface area contributed by atoms with Crippen molar-refractivity contribution in [2.45, 2.75) is 25.4 Å². The van der Waals surface area contributed by atoms with Crippen molar-refractivity contribution in [2.24, 2.45) is 0 Å². The summed E-state index contributed by atoms with van der Waals surface area (Å²) in [6, 6.07) is 16.9. The van der Waals surface area contributed by atoms with Crippen molar-refractivity contribution < 1.29 is 14.3 Å². The van der Waals surface area contributed by atoms with Crippen molar-refractivity contribution >= 4 is 23.1 Å². The number of aliphatic hydroxyl groups is 1. The van der Waals surface area contributed by atoms with Gasteiger partial charge in [0.05, 0.1) is 29.4 Å². The summed E-state index contributed by atoms with van der Waals surface area (Å²) in [6.07, 6.45) is 2.91. The third kappa shape index (κ3) is 4.10. The SMILES string of the molecule is CN1C(=O)c2ccc(Nc3cc(N[C@H](CO)c4ccccc4)c(-c4nnco4)cn3)cc2C1(C)C. The summed E-state index contributed by atoms with van der Waals surface area (Å²) in [5.41, 5.74) is 4.30. The van der Waals surface area contributed by atoms with Gasteiger partial charge in [-0.1, -0.05) is 30.3 Å². The Balaban J connectivity index is 1.49. The summed E-state index contributed by atoms with van der Waals surface area (Å²) >= 11 is 0. The van der Waals surface area contributed by atoms with E-state index >= 15 is 0 Å². The van der Waals surface area contributed by atoms with E-state index in [-0.39, 0.29) is 18.6 Å². The number of aromatic nitrogens is 3. The highest BCUT2D eigenvalue weighted by Gasteiger charge is 2.40. The predicted octanol–water partition coefficient (Wildman–Crippen LogP) is 4.34. The van der Waals surface area contributed by atoms with Gasteiger partial charge in [-0.25, -0.2) is 4.98 Å². The van der Waals surface area contributed by atoms with Gasteiger partial charge in [-0.2, -0.15) is 0 Å². The van der Waals surface area contributed by atoms with Crippen molar-refractivity contribution in [3.05, 3.63) is 83.9 Å². The lowest BCUT2D eigenvalue weighted by molar-refractivity contribution is 0.0691. The topological polar surface area (TPSA) is 116 Å². The third-order valence-corrected chi connectivity index (χ3v) is 6.53. The molecule has 1 atom stereocenters. The van der Waals surface area contributed by atoms with Crippen LogP contribution in [-0.4, -0.2) is 44.7 Å². The largest absolute Gasteiger partial charge is 0.423 e. The van der Waals surface area contributed by atoms with E-state index in [0.717, 1.165) is 16.8 Å². The average Bonchev–Trinajstić information content (AvgIpc) is 3.46. The highest BCUT2D eigenvalue weighted by Crippen LogP contribution is 2.39. The zero-order valence-electron chi connectivity index (χ0n) is 19.7. The number of pyridine rings is 1. The van der Waals surface area contributed by atoms with E-state index in [4.69, 9.17) is 4.42 Å². The van der Waals surface area contributed by atoms with Crippen LogP contribution < -0.4 is 10.6 Å². The standard InChI is InChI=1S/C26H26N6O3/c1-26(2)20-11-17(9-10-18(20)25(34)32(26)3)29-23-12-21(19(13-27-23)24-31-28-15-35-24)30-22(14-33)16-7-5-4-6-8-16/h4-13,15,22,33H,14H2,1-3H3,(H2,27,29,30)/t22-/m1/s1. The fraction of sp³-hybridized carbons (Fsp3) is 0.231. The molecule has 9 heteroatoms. The molecular weight excluding hydrogens is 444 g/mol. The van der Waals surface area contributed by atoms with Crippen LogP contribution >= 0.6 is 0 Å². The molecule has 9 nitrogen and oxygen atoms in total. The molecule has 3 heterocycles. The number of amides is 1. The molecule has 0 unspecified atom stereocenters. The number of hydrogen-bond donors (Lipinski definition) is 3. The number of hydrogen-bond acceptors (Lipinski definition) is 8. The second kappa shape index (κ2) is 8.84. The Labute approximate surface area is 202 Å². The van der Waals surface area contributed by atoms with Gasteiger partial charge in [0.25, 0.3) is 11.8 Å². The van der Waals surface area contributed by atoms with Crippen molar-refractivity contribution in [1.29, 1.82) is 0 Å². The summed E-state index contributed by atoms with van der Waals surface area (Å²) < 4.78 is 5.41. The first kappa shape index (κ1) is 22.5. The van der Waals surface area contributed by atoms with E-state index in [0.29, 0.717) is 28.5 Å². The molecule has 0 bridgehead atoms. The summed E-state index contributed by atoms with van der Waals surface area (Å²) in [5, 5.41) is 24.6. The maximum absolute atomic E-state index is 12.6. The molecule has 0 spiro atoms. The molecule has 1 aliphatic rings. The smallest absolute Gasteiger partial charge is 0.254 e. The molecule has 1 aliphatic heterocycles. The number of benzene rings is 2.